The summed E-state index contributed by atoms with van der Waals surface area (Å²) in [6, 6.07) is 9.30. The summed E-state index contributed by atoms with van der Waals surface area (Å²) in [7, 11) is 1.54. The zero-order valence-electron chi connectivity index (χ0n) is 14.5. The van der Waals surface area contributed by atoms with Crippen LogP contribution in [0.4, 0.5) is 0 Å². The smallest absolute Gasteiger partial charge is 0.329 e. The van der Waals surface area contributed by atoms with Crippen molar-refractivity contribution in [3.05, 3.63) is 41.7 Å². The van der Waals surface area contributed by atoms with E-state index in [1.54, 1.807) is 6.07 Å². The number of hydrogen-bond donors (Lipinski definition) is 1. The fraction of sp³-hybridized carbons (Fsp3) is 0.421. The first kappa shape index (κ1) is 17.2. The van der Waals surface area contributed by atoms with Gasteiger partial charge >= 0.3 is 5.97 Å². The number of carboxylic acid groups (broad SMARTS) is 1. The van der Waals surface area contributed by atoms with Gasteiger partial charge in [0.15, 0.2) is 0 Å². The summed E-state index contributed by atoms with van der Waals surface area (Å²) in [5.74, 6) is -1.35. The first-order valence-electron chi connectivity index (χ1n) is 8.49. The largest absolute Gasteiger partial charge is 0.479 e. The standard InChI is InChI=1S/C19H22N2O4/c1-13-6-8-14(9-7-13)15-12-16(25-20-15)17(22)21(2)19(18(23)24)10-4-3-5-11-19/h6-9,12H,3-5,10-11H2,1-2H3,(H,23,24). The minimum Gasteiger partial charge on any atom is -0.479 e. The van der Waals surface area contributed by atoms with E-state index >= 15 is 0 Å². The molecule has 132 valence electrons. The predicted molar refractivity (Wildman–Crippen MR) is 92.2 cm³/mol. The quantitative estimate of drug-likeness (QED) is 0.919. The Morgan fingerprint density at radius 1 is 1.16 bits per heavy atom. The van der Waals surface area contributed by atoms with Gasteiger partial charge in [-0.1, -0.05) is 54.2 Å². The maximum absolute atomic E-state index is 12.8. The van der Waals surface area contributed by atoms with E-state index in [0.29, 0.717) is 18.5 Å². The van der Waals surface area contributed by atoms with Gasteiger partial charge in [0.1, 0.15) is 11.2 Å². The molecule has 1 aliphatic carbocycles. The first-order chi connectivity index (χ1) is 11.9. The van der Waals surface area contributed by atoms with Crippen LogP contribution in [-0.4, -0.2) is 39.6 Å². The zero-order chi connectivity index (χ0) is 18.0. The van der Waals surface area contributed by atoms with Gasteiger partial charge in [-0.25, -0.2) is 4.79 Å². The predicted octanol–water partition coefficient (Wildman–Crippen LogP) is 3.51. The Bertz CT molecular complexity index is 773. The van der Waals surface area contributed by atoms with Crippen molar-refractivity contribution in [1.82, 2.24) is 10.1 Å². The summed E-state index contributed by atoms with van der Waals surface area (Å²) in [5, 5.41) is 13.7. The average Bonchev–Trinajstić information content (AvgIpc) is 3.11. The van der Waals surface area contributed by atoms with Crippen molar-refractivity contribution in [2.24, 2.45) is 0 Å². The number of carboxylic acids is 1. The molecule has 1 saturated carbocycles. The van der Waals surface area contributed by atoms with Crippen LogP contribution in [0.1, 0.15) is 48.2 Å². The van der Waals surface area contributed by atoms with Crippen LogP contribution in [0.25, 0.3) is 11.3 Å². The summed E-state index contributed by atoms with van der Waals surface area (Å²) < 4.78 is 5.21. The molecule has 0 saturated heterocycles. The molecular formula is C19H22N2O4. The second kappa shape index (κ2) is 6.70. The lowest BCUT2D eigenvalue weighted by atomic mass is 9.80. The number of hydrogen-bond acceptors (Lipinski definition) is 4. The molecule has 2 aromatic rings. The molecule has 6 nitrogen and oxygen atoms in total. The third-order valence-electron chi connectivity index (χ3n) is 5.09. The zero-order valence-corrected chi connectivity index (χ0v) is 14.5. The highest BCUT2D eigenvalue weighted by Gasteiger charge is 2.46. The van der Waals surface area contributed by atoms with Crippen molar-refractivity contribution in [2.45, 2.75) is 44.6 Å². The fourth-order valence-corrected chi connectivity index (χ4v) is 3.43. The lowest BCUT2D eigenvalue weighted by Crippen LogP contribution is -2.56. The Morgan fingerprint density at radius 3 is 2.40 bits per heavy atom. The number of rotatable bonds is 4. The number of aryl methyl sites for hydroxylation is 1. The van der Waals surface area contributed by atoms with Crippen LogP contribution in [0.15, 0.2) is 34.9 Å². The average molecular weight is 342 g/mol. The van der Waals surface area contributed by atoms with E-state index in [9.17, 15) is 14.7 Å². The number of aliphatic carboxylic acids is 1. The van der Waals surface area contributed by atoms with Gasteiger partial charge < -0.3 is 14.5 Å². The molecule has 1 N–H and O–H groups in total. The molecule has 0 atom stereocenters. The number of carbonyl (C=O) groups is 2. The minimum atomic E-state index is -1.16. The van der Waals surface area contributed by atoms with Crippen molar-refractivity contribution < 1.29 is 19.2 Å². The van der Waals surface area contributed by atoms with E-state index < -0.39 is 17.4 Å². The van der Waals surface area contributed by atoms with Gasteiger partial charge in [0.2, 0.25) is 5.76 Å². The number of carbonyl (C=O) groups excluding carboxylic acids is 1. The first-order valence-corrected chi connectivity index (χ1v) is 8.49. The maximum Gasteiger partial charge on any atom is 0.329 e. The van der Waals surface area contributed by atoms with Crippen molar-refractivity contribution >= 4 is 11.9 Å². The number of amides is 1. The van der Waals surface area contributed by atoms with Crippen LogP contribution < -0.4 is 0 Å². The second-order valence-electron chi connectivity index (χ2n) is 6.70. The van der Waals surface area contributed by atoms with Crippen molar-refractivity contribution in [3.8, 4) is 11.3 Å². The molecule has 1 aromatic carbocycles. The molecule has 0 unspecified atom stereocenters. The van der Waals surface area contributed by atoms with E-state index in [0.717, 1.165) is 30.4 Å². The molecule has 6 heteroatoms. The number of aromatic nitrogens is 1. The van der Waals surface area contributed by atoms with E-state index in [1.807, 2.05) is 31.2 Å². The lowest BCUT2D eigenvalue weighted by molar-refractivity contribution is -0.151. The summed E-state index contributed by atoms with van der Waals surface area (Å²) in [4.78, 5) is 26.0. The summed E-state index contributed by atoms with van der Waals surface area (Å²) >= 11 is 0. The van der Waals surface area contributed by atoms with Gasteiger partial charge in [-0.05, 0) is 19.8 Å². The Kier molecular flexibility index (Phi) is 4.61. The summed E-state index contributed by atoms with van der Waals surface area (Å²) in [6.45, 7) is 1.99. The van der Waals surface area contributed by atoms with Crippen molar-refractivity contribution in [2.75, 3.05) is 7.05 Å². The number of likely N-dealkylation sites (N-methyl/N-ethyl adjacent to an activating group) is 1. The lowest BCUT2D eigenvalue weighted by Gasteiger charge is -2.40. The Morgan fingerprint density at radius 2 is 1.80 bits per heavy atom. The van der Waals surface area contributed by atoms with E-state index in [-0.39, 0.29) is 5.76 Å². The van der Waals surface area contributed by atoms with Crippen LogP contribution in [-0.2, 0) is 4.79 Å². The number of benzene rings is 1. The molecule has 3 rings (SSSR count). The molecule has 1 aromatic heterocycles. The highest BCUT2D eigenvalue weighted by Crippen LogP contribution is 2.34. The van der Waals surface area contributed by atoms with Crippen molar-refractivity contribution in [1.29, 1.82) is 0 Å². The number of nitrogens with zero attached hydrogens (tertiary/aromatic N) is 2. The second-order valence-corrected chi connectivity index (χ2v) is 6.70. The fourth-order valence-electron chi connectivity index (χ4n) is 3.43. The summed E-state index contributed by atoms with van der Waals surface area (Å²) in [5.41, 5.74) is 1.38. The van der Waals surface area contributed by atoms with E-state index in [1.165, 1.54) is 11.9 Å². The van der Waals surface area contributed by atoms with Gasteiger partial charge in [0.05, 0.1) is 0 Å². The highest BCUT2D eigenvalue weighted by atomic mass is 16.5. The topological polar surface area (TPSA) is 83.6 Å². The normalized spacial score (nSPS) is 16.4. The summed E-state index contributed by atoms with van der Waals surface area (Å²) in [6.07, 6.45) is 3.52. The Labute approximate surface area is 146 Å². The van der Waals surface area contributed by atoms with Crippen LogP contribution in [0, 0.1) is 6.92 Å². The van der Waals surface area contributed by atoms with Crippen LogP contribution in [0.5, 0.6) is 0 Å². The van der Waals surface area contributed by atoms with E-state index in [4.69, 9.17) is 4.52 Å². The molecule has 1 amide bonds. The minimum absolute atomic E-state index is 0.0595. The highest BCUT2D eigenvalue weighted by molar-refractivity contribution is 5.96. The van der Waals surface area contributed by atoms with Crippen molar-refractivity contribution in [3.63, 3.8) is 0 Å². The Hall–Kier alpha value is -2.63. The van der Waals surface area contributed by atoms with Crippen LogP contribution in [0.2, 0.25) is 0 Å². The molecule has 0 radical (unpaired) electrons. The van der Waals surface area contributed by atoms with Gasteiger partial charge in [-0.3, -0.25) is 4.79 Å². The molecule has 25 heavy (non-hydrogen) atoms. The SMILES string of the molecule is Cc1ccc(-c2cc(C(=O)N(C)C3(C(=O)O)CCCCC3)on2)cc1. The molecule has 1 heterocycles. The van der Waals surface area contributed by atoms with Crippen LogP contribution >= 0.6 is 0 Å². The molecule has 1 fully saturated rings. The molecular weight excluding hydrogens is 320 g/mol. The van der Waals surface area contributed by atoms with E-state index in [2.05, 4.69) is 5.16 Å². The van der Waals surface area contributed by atoms with Gasteiger partial charge in [-0.15, -0.1) is 0 Å². The van der Waals surface area contributed by atoms with Crippen LogP contribution in [0.3, 0.4) is 0 Å². The molecule has 0 spiro atoms. The van der Waals surface area contributed by atoms with Gasteiger partial charge in [0.25, 0.3) is 5.91 Å². The third kappa shape index (κ3) is 3.16. The molecule has 0 aliphatic heterocycles. The monoisotopic (exact) mass is 342 g/mol. The molecule has 0 bridgehead atoms. The van der Waals surface area contributed by atoms with Gasteiger partial charge in [-0.2, -0.15) is 0 Å². The maximum atomic E-state index is 12.8. The Balaban J connectivity index is 1.85. The van der Waals surface area contributed by atoms with Gasteiger partial charge in [0, 0.05) is 18.7 Å². The molecule has 1 aliphatic rings. The third-order valence-corrected chi connectivity index (χ3v) is 5.09.